The molecule has 0 atom stereocenters. The molecule has 0 heterocycles. The molecule has 0 radical (unpaired) electrons. The molecule has 1 aromatic carbocycles. The maximum absolute atomic E-state index is 10.4. The standard InChI is InChI=1S/C9H18O3.C9H12/c1-2-3-4-5-6-7-8-9(10)12-11;1-8(2)9-6-4-3-5-7-9/h11H,2-8H2,1H3;3-8H,1-2H3. The van der Waals surface area contributed by atoms with Crippen LogP contribution >= 0.6 is 0 Å². The fraction of sp³-hybridized carbons (Fsp3) is 0.611. The number of hydrogen-bond donors (Lipinski definition) is 1. The van der Waals surface area contributed by atoms with Crippen LogP contribution in [0.3, 0.4) is 0 Å². The molecule has 120 valence electrons. The molecule has 21 heavy (non-hydrogen) atoms. The van der Waals surface area contributed by atoms with Crippen molar-refractivity contribution in [3.8, 4) is 0 Å². The minimum Gasteiger partial charge on any atom is -0.301 e. The van der Waals surface area contributed by atoms with Crippen LogP contribution in [0.4, 0.5) is 0 Å². The van der Waals surface area contributed by atoms with E-state index in [0.717, 1.165) is 12.8 Å². The zero-order chi connectivity index (χ0) is 15.9. The third-order valence-electron chi connectivity index (χ3n) is 3.30. The van der Waals surface area contributed by atoms with Gasteiger partial charge < -0.3 is 4.89 Å². The first-order valence-corrected chi connectivity index (χ1v) is 8.01. The minimum atomic E-state index is -0.523. The fourth-order valence-corrected chi connectivity index (χ4v) is 1.93. The molecule has 0 aromatic heterocycles. The summed E-state index contributed by atoms with van der Waals surface area (Å²) in [6.45, 7) is 6.58. The van der Waals surface area contributed by atoms with Gasteiger partial charge >= 0.3 is 5.97 Å². The SMILES string of the molecule is CC(C)c1ccccc1.CCCCCCCCC(=O)OO. The van der Waals surface area contributed by atoms with Gasteiger partial charge in [0.25, 0.3) is 0 Å². The van der Waals surface area contributed by atoms with E-state index in [1.165, 1.54) is 31.2 Å². The van der Waals surface area contributed by atoms with Crippen molar-refractivity contribution in [2.24, 2.45) is 0 Å². The van der Waals surface area contributed by atoms with Gasteiger partial charge in [0.2, 0.25) is 0 Å². The van der Waals surface area contributed by atoms with Crippen LogP contribution < -0.4 is 0 Å². The second-order valence-electron chi connectivity index (χ2n) is 5.55. The van der Waals surface area contributed by atoms with Crippen LogP contribution in [-0.4, -0.2) is 11.2 Å². The molecule has 0 saturated carbocycles. The summed E-state index contributed by atoms with van der Waals surface area (Å²) in [5, 5.41) is 7.93. The number of benzene rings is 1. The van der Waals surface area contributed by atoms with E-state index in [1.807, 2.05) is 6.07 Å². The van der Waals surface area contributed by atoms with Crippen LogP contribution in [0.15, 0.2) is 30.3 Å². The Morgan fingerprint density at radius 3 is 2.10 bits per heavy atom. The Morgan fingerprint density at radius 1 is 1.05 bits per heavy atom. The summed E-state index contributed by atoms with van der Waals surface area (Å²) in [6.07, 6.45) is 7.13. The van der Waals surface area contributed by atoms with Crippen molar-refractivity contribution in [1.29, 1.82) is 0 Å². The Balaban J connectivity index is 0.000000394. The zero-order valence-electron chi connectivity index (χ0n) is 13.7. The number of rotatable bonds is 8. The first kappa shape index (κ1) is 19.7. The first-order chi connectivity index (χ1) is 10.1. The van der Waals surface area contributed by atoms with Crippen molar-refractivity contribution < 1.29 is 14.9 Å². The number of carbonyl (C=O) groups excluding carboxylic acids is 1. The van der Waals surface area contributed by atoms with E-state index < -0.39 is 5.97 Å². The second-order valence-corrected chi connectivity index (χ2v) is 5.55. The maximum Gasteiger partial charge on any atom is 0.342 e. The highest BCUT2D eigenvalue weighted by Crippen LogP contribution is 2.11. The predicted octanol–water partition coefficient (Wildman–Crippen LogP) is 5.56. The van der Waals surface area contributed by atoms with Crippen LogP contribution in [0, 0.1) is 0 Å². The summed E-state index contributed by atoms with van der Waals surface area (Å²) in [5.41, 5.74) is 1.41. The highest BCUT2D eigenvalue weighted by molar-refractivity contribution is 5.68. The predicted molar refractivity (Wildman–Crippen MR) is 87.2 cm³/mol. The topological polar surface area (TPSA) is 46.5 Å². The Hall–Kier alpha value is -1.35. The van der Waals surface area contributed by atoms with E-state index >= 15 is 0 Å². The molecule has 0 aliphatic heterocycles. The van der Waals surface area contributed by atoms with Crippen molar-refractivity contribution in [3.63, 3.8) is 0 Å². The van der Waals surface area contributed by atoms with E-state index in [4.69, 9.17) is 5.26 Å². The Kier molecular flexibility index (Phi) is 12.7. The highest BCUT2D eigenvalue weighted by atomic mass is 17.1. The van der Waals surface area contributed by atoms with Crippen LogP contribution in [-0.2, 0) is 9.68 Å². The molecule has 0 aliphatic rings. The molecule has 0 amide bonds. The van der Waals surface area contributed by atoms with Gasteiger partial charge in [-0.3, -0.25) is 0 Å². The molecular weight excluding hydrogens is 264 g/mol. The third kappa shape index (κ3) is 12.1. The molecule has 0 unspecified atom stereocenters. The van der Waals surface area contributed by atoms with Crippen molar-refractivity contribution in [2.45, 2.75) is 71.6 Å². The van der Waals surface area contributed by atoms with Crippen molar-refractivity contribution in [3.05, 3.63) is 35.9 Å². The average molecular weight is 294 g/mol. The van der Waals surface area contributed by atoms with Gasteiger partial charge in [0.05, 0.1) is 0 Å². The van der Waals surface area contributed by atoms with Gasteiger partial charge in [-0.15, -0.1) is 0 Å². The van der Waals surface area contributed by atoms with E-state index in [9.17, 15) is 4.79 Å². The van der Waals surface area contributed by atoms with Gasteiger partial charge in [0.15, 0.2) is 0 Å². The normalized spacial score (nSPS) is 9.95. The van der Waals surface area contributed by atoms with Gasteiger partial charge in [-0.2, -0.15) is 5.26 Å². The van der Waals surface area contributed by atoms with Gasteiger partial charge in [-0.05, 0) is 17.9 Å². The molecule has 1 rings (SSSR count). The van der Waals surface area contributed by atoms with Gasteiger partial charge in [0.1, 0.15) is 0 Å². The summed E-state index contributed by atoms with van der Waals surface area (Å²) >= 11 is 0. The summed E-state index contributed by atoms with van der Waals surface area (Å²) in [7, 11) is 0. The minimum absolute atomic E-state index is 0.336. The number of unbranched alkanes of at least 4 members (excludes halogenated alkanes) is 5. The maximum atomic E-state index is 10.4. The third-order valence-corrected chi connectivity index (χ3v) is 3.30. The van der Waals surface area contributed by atoms with Crippen LogP contribution in [0.2, 0.25) is 0 Å². The zero-order valence-corrected chi connectivity index (χ0v) is 13.7. The lowest BCUT2D eigenvalue weighted by Crippen LogP contribution is -1.99. The van der Waals surface area contributed by atoms with Crippen molar-refractivity contribution >= 4 is 5.97 Å². The van der Waals surface area contributed by atoms with E-state index in [-0.39, 0.29) is 0 Å². The van der Waals surface area contributed by atoms with Gasteiger partial charge in [0, 0.05) is 6.42 Å². The molecule has 0 fully saturated rings. The largest absolute Gasteiger partial charge is 0.342 e. The number of hydrogen-bond acceptors (Lipinski definition) is 3. The van der Waals surface area contributed by atoms with Crippen molar-refractivity contribution in [2.75, 3.05) is 0 Å². The van der Waals surface area contributed by atoms with Crippen LogP contribution in [0.25, 0.3) is 0 Å². The molecular formula is C18H30O3. The summed E-state index contributed by atoms with van der Waals surface area (Å²) in [6, 6.07) is 10.5. The molecule has 1 aromatic rings. The molecule has 1 N–H and O–H groups in total. The van der Waals surface area contributed by atoms with E-state index in [1.54, 1.807) is 0 Å². The van der Waals surface area contributed by atoms with Crippen LogP contribution in [0.5, 0.6) is 0 Å². The number of carbonyl (C=O) groups is 1. The summed E-state index contributed by atoms with van der Waals surface area (Å²) in [5.74, 6) is 0.136. The monoisotopic (exact) mass is 294 g/mol. The molecule has 0 aliphatic carbocycles. The average Bonchev–Trinajstić information content (AvgIpc) is 2.52. The second kappa shape index (κ2) is 13.6. The molecule has 3 heteroatoms. The quantitative estimate of drug-likeness (QED) is 0.387. The molecule has 0 bridgehead atoms. The highest BCUT2D eigenvalue weighted by Gasteiger charge is 2.00. The smallest absolute Gasteiger partial charge is 0.301 e. The first-order valence-electron chi connectivity index (χ1n) is 8.01. The van der Waals surface area contributed by atoms with Crippen LogP contribution in [0.1, 0.15) is 77.2 Å². The van der Waals surface area contributed by atoms with Gasteiger partial charge in [-0.1, -0.05) is 83.2 Å². The fourth-order valence-electron chi connectivity index (χ4n) is 1.93. The Morgan fingerprint density at radius 2 is 1.62 bits per heavy atom. The summed E-state index contributed by atoms with van der Waals surface area (Å²) < 4.78 is 0. The lowest BCUT2D eigenvalue weighted by atomic mass is 10.0. The van der Waals surface area contributed by atoms with Gasteiger partial charge in [-0.25, -0.2) is 4.79 Å². The molecule has 0 spiro atoms. The lowest BCUT2D eigenvalue weighted by molar-refractivity contribution is -0.234. The molecule has 0 saturated heterocycles. The van der Waals surface area contributed by atoms with Crippen molar-refractivity contribution in [1.82, 2.24) is 0 Å². The van der Waals surface area contributed by atoms with E-state index in [2.05, 4.69) is 49.9 Å². The Labute approximate surface area is 129 Å². The van der Waals surface area contributed by atoms with E-state index in [0.29, 0.717) is 12.3 Å². The Bertz CT molecular complexity index is 347. The lowest BCUT2D eigenvalue weighted by Gasteiger charge is -2.01. The summed E-state index contributed by atoms with van der Waals surface area (Å²) in [4.78, 5) is 14.0. The molecule has 3 nitrogen and oxygen atoms in total.